The fourth-order valence-electron chi connectivity index (χ4n) is 6.13. The van der Waals surface area contributed by atoms with Crippen LogP contribution in [0.1, 0.15) is 65.2 Å². The summed E-state index contributed by atoms with van der Waals surface area (Å²) in [5.74, 6) is 0.424. The third-order valence-corrected chi connectivity index (χ3v) is 8.96. The SMILES string of the molecule is Cc1ccc(-c2nncn2C)c(-c2cc(NC[C@@H](O)CC#N)nc(N3Cc4c(cc(CNC5(C)CCC5)cc4C(F)(F)F)C3=O)c2)c1. The first-order valence-corrected chi connectivity index (χ1v) is 15.4. The zero-order valence-corrected chi connectivity index (χ0v) is 26.3. The molecule has 3 N–H and O–H groups in total. The molecule has 6 rings (SSSR count). The predicted molar refractivity (Wildman–Crippen MR) is 170 cm³/mol. The topological polar surface area (TPSA) is 132 Å². The minimum absolute atomic E-state index is 0.00290. The maximum atomic E-state index is 14.4. The minimum atomic E-state index is -4.66. The number of pyridine rings is 1. The standard InChI is InChI=1S/C34H35F3N8O2/c1-20-5-6-24(31-43-41-19-44(31)3)25(11-20)22-14-29(39-17-23(46)7-10-38)42-30(15-22)45-18-27-26(32(45)47)12-21(13-28(27)34(35,36)37)16-40-33(2)8-4-9-33/h5-6,11-15,19,23,40,46H,4,7-9,16-18H2,1-3H3,(H,39,42)/t23-/m0/s1. The summed E-state index contributed by atoms with van der Waals surface area (Å²) in [6.45, 7) is 3.88. The van der Waals surface area contributed by atoms with Gasteiger partial charge in [-0.1, -0.05) is 23.8 Å². The first-order chi connectivity index (χ1) is 22.3. The van der Waals surface area contributed by atoms with Crippen LogP contribution in [0, 0.1) is 18.3 Å². The maximum absolute atomic E-state index is 14.4. The lowest BCUT2D eigenvalue weighted by Gasteiger charge is -2.39. The smallest absolute Gasteiger partial charge is 0.390 e. The highest BCUT2D eigenvalue weighted by molar-refractivity contribution is 6.10. The Balaban J connectivity index is 1.42. The number of aryl methyl sites for hydroxylation is 2. The van der Waals surface area contributed by atoms with Gasteiger partial charge < -0.3 is 20.3 Å². The lowest BCUT2D eigenvalue weighted by atomic mass is 9.78. The average Bonchev–Trinajstić information content (AvgIpc) is 3.59. The van der Waals surface area contributed by atoms with Crippen molar-refractivity contribution in [1.82, 2.24) is 25.1 Å². The van der Waals surface area contributed by atoms with Gasteiger partial charge in [-0.3, -0.25) is 9.69 Å². The van der Waals surface area contributed by atoms with E-state index in [1.54, 1.807) is 29.1 Å². The highest BCUT2D eigenvalue weighted by atomic mass is 19.4. The van der Waals surface area contributed by atoms with Gasteiger partial charge in [0.25, 0.3) is 5.91 Å². The Morgan fingerprint density at radius 3 is 2.57 bits per heavy atom. The second kappa shape index (κ2) is 12.4. The summed E-state index contributed by atoms with van der Waals surface area (Å²) in [7, 11) is 1.81. The highest BCUT2D eigenvalue weighted by Crippen LogP contribution is 2.41. The molecule has 0 spiro atoms. The van der Waals surface area contributed by atoms with Crippen LogP contribution in [0.5, 0.6) is 0 Å². The predicted octanol–water partition coefficient (Wildman–Crippen LogP) is 5.75. The maximum Gasteiger partial charge on any atom is 0.416 e. The number of nitrogens with zero attached hydrogens (tertiary/aromatic N) is 6. The van der Waals surface area contributed by atoms with Gasteiger partial charge >= 0.3 is 6.18 Å². The molecule has 1 saturated carbocycles. The summed E-state index contributed by atoms with van der Waals surface area (Å²) >= 11 is 0. The molecule has 1 fully saturated rings. The number of rotatable bonds is 10. The van der Waals surface area contributed by atoms with Crippen molar-refractivity contribution in [2.24, 2.45) is 7.05 Å². The fourth-order valence-corrected chi connectivity index (χ4v) is 6.13. The molecule has 0 radical (unpaired) electrons. The Labute approximate surface area is 270 Å². The summed E-state index contributed by atoms with van der Waals surface area (Å²) in [5, 5.41) is 33.9. The van der Waals surface area contributed by atoms with Crippen molar-refractivity contribution < 1.29 is 23.1 Å². The molecule has 2 aromatic heterocycles. The summed E-state index contributed by atoms with van der Waals surface area (Å²) < 4.78 is 45.1. The van der Waals surface area contributed by atoms with E-state index in [2.05, 4.69) is 32.7 Å². The van der Waals surface area contributed by atoms with E-state index in [1.165, 1.54) is 4.90 Å². The zero-order chi connectivity index (χ0) is 33.5. The van der Waals surface area contributed by atoms with Crippen molar-refractivity contribution in [1.29, 1.82) is 5.26 Å². The Morgan fingerprint density at radius 1 is 1.13 bits per heavy atom. The van der Waals surface area contributed by atoms with Gasteiger partial charge in [-0.25, -0.2) is 4.98 Å². The van der Waals surface area contributed by atoms with Gasteiger partial charge in [0.05, 0.1) is 30.7 Å². The largest absolute Gasteiger partial charge is 0.416 e. The Hall–Kier alpha value is -4.80. The van der Waals surface area contributed by atoms with Crippen LogP contribution in [-0.4, -0.2) is 48.9 Å². The van der Waals surface area contributed by atoms with Crippen molar-refractivity contribution in [2.45, 2.75) is 70.4 Å². The molecule has 10 nitrogen and oxygen atoms in total. The third-order valence-electron chi connectivity index (χ3n) is 8.96. The molecule has 3 heterocycles. The molecule has 13 heteroatoms. The summed E-state index contributed by atoms with van der Waals surface area (Å²) in [5.41, 5.74) is 2.38. The zero-order valence-electron chi connectivity index (χ0n) is 26.3. The molecule has 0 bridgehead atoms. The number of anilines is 2. The average molecular weight is 645 g/mol. The Bertz CT molecular complexity index is 1880. The number of hydrogen-bond acceptors (Lipinski definition) is 8. The molecular weight excluding hydrogens is 609 g/mol. The second-order valence-electron chi connectivity index (χ2n) is 12.6. The third kappa shape index (κ3) is 6.57. The molecule has 0 unspecified atom stereocenters. The Morgan fingerprint density at radius 2 is 1.91 bits per heavy atom. The van der Waals surface area contributed by atoms with Crippen molar-refractivity contribution in [3.05, 3.63) is 76.6 Å². The number of benzene rings is 2. The number of aliphatic hydroxyl groups excluding tert-OH is 1. The van der Waals surface area contributed by atoms with E-state index in [1.807, 2.05) is 38.2 Å². The van der Waals surface area contributed by atoms with E-state index in [0.717, 1.165) is 42.0 Å². The van der Waals surface area contributed by atoms with Crippen molar-refractivity contribution >= 4 is 17.5 Å². The summed E-state index contributed by atoms with van der Waals surface area (Å²) in [4.78, 5) is 19.8. The van der Waals surface area contributed by atoms with Crippen molar-refractivity contribution in [2.75, 3.05) is 16.8 Å². The molecule has 1 amide bonds. The molecular formula is C34H35F3N8O2. The number of halogens is 3. The van der Waals surface area contributed by atoms with Gasteiger partial charge in [0.2, 0.25) is 0 Å². The van der Waals surface area contributed by atoms with Gasteiger partial charge in [-0.15, -0.1) is 10.2 Å². The van der Waals surface area contributed by atoms with E-state index < -0.39 is 23.8 Å². The second-order valence-corrected chi connectivity index (χ2v) is 12.6. The van der Waals surface area contributed by atoms with E-state index >= 15 is 0 Å². The van der Waals surface area contributed by atoms with Crippen LogP contribution < -0.4 is 15.5 Å². The van der Waals surface area contributed by atoms with E-state index in [0.29, 0.717) is 17.0 Å². The minimum Gasteiger partial charge on any atom is -0.390 e. The fraction of sp³-hybridized carbons (Fsp3) is 0.382. The molecule has 1 aliphatic carbocycles. The summed E-state index contributed by atoms with van der Waals surface area (Å²) in [6, 6.07) is 13.8. The van der Waals surface area contributed by atoms with Gasteiger partial charge in [0, 0.05) is 36.8 Å². The van der Waals surface area contributed by atoms with E-state index in [-0.39, 0.29) is 54.4 Å². The van der Waals surface area contributed by atoms with Gasteiger partial charge in [0.15, 0.2) is 5.82 Å². The monoisotopic (exact) mass is 644 g/mol. The molecule has 1 aliphatic heterocycles. The molecule has 2 aromatic carbocycles. The van der Waals surface area contributed by atoms with Crippen LogP contribution in [0.15, 0.2) is 48.8 Å². The van der Waals surface area contributed by atoms with E-state index in [9.17, 15) is 23.1 Å². The van der Waals surface area contributed by atoms with Crippen LogP contribution >= 0.6 is 0 Å². The number of nitrogens with one attached hydrogen (secondary N) is 2. The number of hydrogen-bond donors (Lipinski definition) is 3. The summed E-state index contributed by atoms with van der Waals surface area (Å²) in [6.07, 6.45) is -1.22. The number of fused-ring (bicyclic) bond motifs is 1. The number of amides is 1. The number of carbonyl (C=O) groups is 1. The van der Waals surface area contributed by atoms with Crippen molar-refractivity contribution in [3.8, 4) is 28.6 Å². The van der Waals surface area contributed by atoms with E-state index in [4.69, 9.17) is 5.26 Å². The van der Waals surface area contributed by atoms with Gasteiger partial charge in [0.1, 0.15) is 18.0 Å². The number of nitriles is 1. The van der Waals surface area contributed by atoms with Gasteiger partial charge in [-0.05, 0) is 79.6 Å². The van der Waals surface area contributed by atoms with Crippen molar-refractivity contribution in [3.63, 3.8) is 0 Å². The highest BCUT2D eigenvalue weighted by Gasteiger charge is 2.41. The van der Waals surface area contributed by atoms with Gasteiger partial charge in [-0.2, -0.15) is 18.4 Å². The molecule has 1 atom stereocenters. The van der Waals surface area contributed by atoms with Crippen LogP contribution in [0.2, 0.25) is 0 Å². The first kappa shape index (κ1) is 32.2. The molecule has 4 aromatic rings. The lowest BCUT2D eigenvalue weighted by molar-refractivity contribution is -0.138. The quantitative estimate of drug-likeness (QED) is 0.199. The number of aliphatic hydroxyl groups is 1. The number of aromatic nitrogens is 4. The van der Waals surface area contributed by atoms with Crippen LogP contribution in [0.4, 0.5) is 24.8 Å². The molecule has 0 saturated heterocycles. The molecule has 2 aliphatic rings. The molecule has 244 valence electrons. The lowest BCUT2D eigenvalue weighted by Crippen LogP contribution is -2.47. The number of carbonyl (C=O) groups excluding carboxylic acids is 1. The van der Waals surface area contributed by atoms with Crippen LogP contribution in [-0.2, 0) is 26.3 Å². The van der Waals surface area contributed by atoms with Crippen LogP contribution in [0.25, 0.3) is 22.5 Å². The number of alkyl halides is 3. The first-order valence-electron chi connectivity index (χ1n) is 15.4. The van der Waals surface area contributed by atoms with Crippen LogP contribution in [0.3, 0.4) is 0 Å². The normalized spacial score (nSPS) is 16.0. The molecule has 47 heavy (non-hydrogen) atoms. The Kier molecular flexibility index (Phi) is 8.50.